The van der Waals surface area contributed by atoms with Crippen LogP contribution in [0.4, 0.5) is 11.8 Å². The summed E-state index contributed by atoms with van der Waals surface area (Å²) in [6.07, 6.45) is 3.48. The lowest BCUT2D eigenvalue weighted by Gasteiger charge is -2.05. The van der Waals surface area contributed by atoms with Gasteiger partial charge in [0.2, 0.25) is 11.8 Å². The predicted molar refractivity (Wildman–Crippen MR) is 106 cm³/mol. The Hall–Kier alpha value is -3.12. The quantitative estimate of drug-likeness (QED) is 0.645. The number of nitrogens with zero attached hydrogens (tertiary/aromatic N) is 3. The van der Waals surface area contributed by atoms with E-state index < -0.39 is 0 Å². The molecule has 0 radical (unpaired) electrons. The number of halogens is 1. The number of allylic oxidation sites excluding steroid dienone is 2. The van der Waals surface area contributed by atoms with Gasteiger partial charge in [0, 0.05) is 30.1 Å². The van der Waals surface area contributed by atoms with Crippen LogP contribution in [0.2, 0.25) is 0 Å². The summed E-state index contributed by atoms with van der Waals surface area (Å²) in [6.45, 7) is 2.55. The minimum Gasteiger partial charge on any atom is -0.492 e. The number of aromatic nitrogens is 3. The summed E-state index contributed by atoms with van der Waals surface area (Å²) in [4.78, 5) is 15.9. The highest BCUT2D eigenvalue weighted by Gasteiger charge is 2.19. The molecule has 0 aliphatic carbocycles. The van der Waals surface area contributed by atoms with Gasteiger partial charge in [0.1, 0.15) is 5.69 Å². The van der Waals surface area contributed by atoms with Gasteiger partial charge in [-0.05, 0) is 30.2 Å². The molecule has 0 bridgehead atoms. The van der Waals surface area contributed by atoms with E-state index in [9.17, 15) is 5.11 Å². The maximum absolute atomic E-state index is 10.2. The normalized spacial score (nSPS) is 13.9. The zero-order valence-corrected chi connectivity index (χ0v) is 14.9. The van der Waals surface area contributed by atoms with Gasteiger partial charge in [-0.15, -0.1) is 12.4 Å². The van der Waals surface area contributed by atoms with E-state index in [2.05, 4.69) is 25.3 Å². The van der Waals surface area contributed by atoms with Gasteiger partial charge in [-0.25, -0.2) is 9.98 Å². The zero-order valence-electron chi connectivity index (χ0n) is 14.1. The van der Waals surface area contributed by atoms with Gasteiger partial charge in [0.05, 0.1) is 0 Å². The van der Waals surface area contributed by atoms with Crippen LogP contribution in [0, 0.1) is 0 Å². The van der Waals surface area contributed by atoms with E-state index in [1.165, 1.54) is 0 Å². The number of aromatic hydroxyl groups is 1. The molecule has 0 saturated heterocycles. The molecule has 0 spiro atoms. The smallest absolute Gasteiger partial charge is 0.238 e. The summed E-state index contributed by atoms with van der Waals surface area (Å²) in [5.41, 5.74) is 4.46. The van der Waals surface area contributed by atoms with Crippen LogP contribution in [0.1, 0.15) is 23.7 Å². The lowest BCUT2D eigenvalue weighted by Crippen LogP contribution is -2.00. The van der Waals surface area contributed by atoms with E-state index in [0.717, 1.165) is 22.3 Å². The third-order valence-electron chi connectivity index (χ3n) is 4.16. The van der Waals surface area contributed by atoms with E-state index >= 15 is 0 Å². The number of fused-ring (bicyclic) bond motifs is 1. The Morgan fingerprint density at radius 1 is 1.15 bits per heavy atom. The van der Waals surface area contributed by atoms with Crippen LogP contribution in [0.25, 0.3) is 11.1 Å². The van der Waals surface area contributed by atoms with Gasteiger partial charge in [0.25, 0.3) is 0 Å². The van der Waals surface area contributed by atoms with Gasteiger partial charge in [-0.1, -0.05) is 30.3 Å². The Balaban J connectivity index is 0.00000196. The van der Waals surface area contributed by atoms with Crippen molar-refractivity contribution in [1.82, 2.24) is 15.0 Å². The number of imidazole rings is 1. The van der Waals surface area contributed by atoms with Gasteiger partial charge >= 0.3 is 0 Å². The number of rotatable bonds is 4. The molecule has 6 nitrogen and oxygen atoms in total. The Bertz CT molecular complexity index is 979. The summed E-state index contributed by atoms with van der Waals surface area (Å²) >= 11 is 0. The first kappa shape index (κ1) is 17.7. The van der Waals surface area contributed by atoms with Gasteiger partial charge in [-0.3, -0.25) is 0 Å². The monoisotopic (exact) mass is 367 g/mol. The average Bonchev–Trinajstić information content (AvgIpc) is 3.24. The molecule has 3 aromatic rings. The second-order valence-electron chi connectivity index (χ2n) is 5.79. The summed E-state index contributed by atoms with van der Waals surface area (Å²) in [5, 5.41) is 13.4. The van der Waals surface area contributed by atoms with E-state index in [4.69, 9.17) is 0 Å². The molecule has 0 amide bonds. The van der Waals surface area contributed by atoms with Crippen molar-refractivity contribution in [2.24, 2.45) is 4.99 Å². The fourth-order valence-corrected chi connectivity index (χ4v) is 2.83. The van der Waals surface area contributed by atoms with Crippen molar-refractivity contribution >= 4 is 41.5 Å². The molecule has 2 aromatic heterocycles. The fourth-order valence-electron chi connectivity index (χ4n) is 2.83. The minimum absolute atomic E-state index is 0. The maximum atomic E-state index is 10.2. The first-order valence-corrected chi connectivity index (χ1v) is 8.00. The van der Waals surface area contributed by atoms with E-state index in [-0.39, 0.29) is 18.3 Å². The van der Waals surface area contributed by atoms with Crippen molar-refractivity contribution in [3.63, 3.8) is 0 Å². The van der Waals surface area contributed by atoms with Crippen LogP contribution in [-0.2, 0) is 6.54 Å². The van der Waals surface area contributed by atoms with Crippen LogP contribution < -0.4 is 5.32 Å². The van der Waals surface area contributed by atoms with Crippen molar-refractivity contribution < 1.29 is 5.11 Å². The van der Waals surface area contributed by atoms with E-state index in [0.29, 0.717) is 24.0 Å². The SMILES string of the molecule is CC(=C1C=Nc2ncccc21)c1[nH]c(NCc2ccccc2)nc1O.Cl. The van der Waals surface area contributed by atoms with Crippen molar-refractivity contribution in [3.05, 3.63) is 65.5 Å². The number of anilines is 1. The third-order valence-corrected chi connectivity index (χ3v) is 4.16. The topological polar surface area (TPSA) is 86.2 Å². The molecule has 1 aliphatic rings. The number of aliphatic imine (C=N–C) groups is 1. The molecule has 0 unspecified atom stereocenters. The fraction of sp³-hybridized carbons (Fsp3) is 0.105. The molecule has 3 N–H and O–H groups in total. The van der Waals surface area contributed by atoms with E-state index in [1.54, 1.807) is 12.4 Å². The first-order chi connectivity index (χ1) is 12.2. The first-order valence-electron chi connectivity index (χ1n) is 8.00. The summed E-state index contributed by atoms with van der Waals surface area (Å²) < 4.78 is 0. The van der Waals surface area contributed by atoms with Crippen LogP contribution in [0.15, 0.2) is 53.7 Å². The molecule has 7 heteroatoms. The molecule has 3 heterocycles. The van der Waals surface area contributed by atoms with Crippen molar-refractivity contribution in [2.75, 3.05) is 5.32 Å². The lowest BCUT2D eigenvalue weighted by atomic mass is 10.0. The Morgan fingerprint density at radius 2 is 1.96 bits per heavy atom. The second-order valence-corrected chi connectivity index (χ2v) is 5.79. The molecule has 0 atom stereocenters. The van der Waals surface area contributed by atoms with Crippen molar-refractivity contribution in [2.45, 2.75) is 13.5 Å². The molecule has 26 heavy (non-hydrogen) atoms. The number of H-pyrrole nitrogens is 1. The summed E-state index contributed by atoms with van der Waals surface area (Å²) in [7, 11) is 0. The number of hydrogen-bond acceptors (Lipinski definition) is 5. The lowest BCUT2D eigenvalue weighted by molar-refractivity contribution is 0.455. The molecule has 1 aliphatic heterocycles. The molecular formula is C19H18ClN5O. The Morgan fingerprint density at radius 3 is 2.77 bits per heavy atom. The second kappa shape index (κ2) is 7.41. The van der Waals surface area contributed by atoms with Crippen LogP contribution >= 0.6 is 12.4 Å². The summed E-state index contributed by atoms with van der Waals surface area (Å²) in [5.74, 6) is 1.18. The standard InChI is InChI=1S/C19H17N5O.ClH/c1-12(15-11-21-17-14(15)8-5-9-20-17)16-18(25)24-19(23-16)22-10-13-6-3-2-4-7-13;/h2-9,11,25H,10H2,1H3,(H2,22,23,24);1H. The predicted octanol–water partition coefficient (Wildman–Crippen LogP) is 4.19. The largest absolute Gasteiger partial charge is 0.492 e. The number of aromatic amines is 1. The van der Waals surface area contributed by atoms with Gasteiger partial charge < -0.3 is 15.4 Å². The number of pyridine rings is 1. The van der Waals surface area contributed by atoms with Crippen molar-refractivity contribution in [3.8, 4) is 5.88 Å². The molecular weight excluding hydrogens is 350 g/mol. The van der Waals surface area contributed by atoms with Crippen LogP contribution in [0.3, 0.4) is 0 Å². The van der Waals surface area contributed by atoms with Crippen LogP contribution in [-0.4, -0.2) is 26.3 Å². The minimum atomic E-state index is -0.0358. The Kier molecular flexibility index (Phi) is 5.04. The highest BCUT2D eigenvalue weighted by Crippen LogP contribution is 2.36. The average molecular weight is 368 g/mol. The molecule has 0 saturated carbocycles. The molecule has 1 aromatic carbocycles. The number of nitrogens with one attached hydrogen (secondary N) is 2. The van der Waals surface area contributed by atoms with Gasteiger partial charge in [-0.2, -0.15) is 4.98 Å². The van der Waals surface area contributed by atoms with Gasteiger partial charge in [0.15, 0.2) is 5.82 Å². The number of hydrogen-bond donors (Lipinski definition) is 3. The molecule has 4 rings (SSSR count). The highest BCUT2D eigenvalue weighted by molar-refractivity contribution is 6.23. The molecule has 132 valence electrons. The zero-order chi connectivity index (χ0) is 17.2. The Labute approximate surface area is 157 Å². The van der Waals surface area contributed by atoms with Crippen LogP contribution in [0.5, 0.6) is 5.88 Å². The number of benzene rings is 1. The third kappa shape index (κ3) is 3.32. The highest BCUT2D eigenvalue weighted by atomic mass is 35.5. The van der Waals surface area contributed by atoms with Crippen molar-refractivity contribution in [1.29, 1.82) is 0 Å². The maximum Gasteiger partial charge on any atom is 0.238 e. The summed E-state index contributed by atoms with van der Waals surface area (Å²) in [6, 6.07) is 13.9. The van der Waals surface area contributed by atoms with E-state index in [1.807, 2.05) is 49.4 Å². The molecule has 0 fully saturated rings.